The molecule has 1 saturated carbocycles. The number of amidine groups is 1. The number of amides is 2. The number of carbonyl (C=O) groups is 2. The van der Waals surface area contributed by atoms with Crippen molar-refractivity contribution in [1.29, 1.82) is 0 Å². The first-order valence-corrected chi connectivity index (χ1v) is 14.8. The van der Waals surface area contributed by atoms with Crippen molar-refractivity contribution in [1.82, 2.24) is 25.5 Å². The summed E-state index contributed by atoms with van der Waals surface area (Å²) in [6.07, 6.45) is 8.83. The van der Waals surface area contributed by atoms with Gasteiger partial charge in [-0.05, 0) is 74.1 Å². The molecule has 1 aliphatic carbocycles. The molecule has 3 aromatic heterocycles. The average Bonchev–Trinajstić information content (AvgIpc) is 3.32. The largest absolute Gasteiger partial charge is 0.305 e. The highest BCUT2D eigenvalue weighted by Gasteiger charge is 2.30. The summed E-state index contributed by atoms with van der Waals surface area (Å²) in [5.41, 5.74) is 2.82. The number of carbonyl (C=O) groups excluding carboxylic acids is 2. The maximum atomic E-state index is 12.6. The van der Waals surface area contributed by atoms with Gasteiger partial charge in [-0.15, -0.1) is 10.2 Å². The Kier molecular flexibility index (Phi) is 9.10. The Morgan fingerprint density at radius 3 is 2.15 bits per heavy atom. The van der Waals surface area contributed by atoms with Gasteiger partial charge in [0.25, 0.3) is 0 Å². The van der Waals surface area contributed by atoms with Crippen LogP contribution in [0.1, 0.15) is 61.3 Å². The molecule has 202 valence electrons. The molecule has 0 unspecified atom stereocenters. The van der Waals surface area contributed by atoms with Crippen LogP contribution in [0.2, 0.25) is 0 Å². The summed E-state index contributed by atoms with van der Waals surface area (Å²) in [4.78, 5) is 39.4. The summed E-state index contributed by atoms with van der Waals surface area (Å²) in [5.74, 6) is 0.537. The van der Waals surface area contributed by atoms with Gasteiger partial charge in [0.15, 0.2) is 5.17 Å². The van der Waals surface area contributed by atoms with Gasteiger partial charge in [-0.2, -0.15) is 0 Å². The van der Waals surface area contributed by atoms with Crippen LogP contribution in [0.4, 0.5) is 5.13 Å². The number of rotatable bonds is 7. The molecule has 9 nitrogen and oxygen atoms in total. The minimum atomic E-state index is -0.141. The minimum Gasteiger partial charge on any atom is -0.305 e. The number of hydrogen-bond acceptors (Lipinski definition) is 9. The SMILES string of the molecule is CC1=C(C2CCC(c3nnc(NC(=O)Cc4ccccn4)s3)CC2)SC(NC(=O)Cc2ccccn2)=NCC1. The van der Waals surface area contributed by atoms with Crippen LogP contribution in [0.5, 0.6) is 0 Å². The first kappa shape index (κ1) is 27.1. The quantitative estimate of drug-likeness (QED) is 0.420. The summed E-state index contributed by atoms with van der Waals surface area (Å²) in [6, 6.07) is 11.1. The number of aliphatic imine (C=N–C) groups is 1. The smallest absolute Gasteiger partial charge is 0.232 e. The summed E-state index contributed by atoms with van der Waals surface area (Å²) in [6.45, 7) is 2.86. The number of hydrogen-bond donors (Lipinski definition) is 2. The van der Waals surface area contributed by atoms with Gasteiger partial charge in [0.1, 0.15) is 5.01 Å². The number of thioether (sulfide) groups is 1. The molecule has 1 fully saturated rings. The minimum absolute atomic E-state index is 0.0956. The lowest BCUT2D eigenvalue weighted by Gasteiger charge is -2.29. The van der Waals surface area contributed by atoms with Crippen molar-refractivity contribution in [2.45, 2.75) is 57.8 Å². The molecule has 3 aromatic rings. The lowest BCUT2D eigenvalue weighted by Crippen LogP contribution is -2.30. The first-order valence-electron chi connectivity index (χ1n) is 13.2. The Hall–Kier alpha value is -3.44. The van der Waals surface area contributed by atoms with E-state index in [4.69, 9.17) is 0 Å². The third-order valence-electron chi connectivity index (χ3n) is 6.89. The predicted octanol–water partition coefficient (Wildman–Crippen LogP) is 4.91. The van der Waals surface area contributed by atoms with E-state index in [2.05, 4.69) is 42.7 Å². The highest BCUT2D eigenvalue weighted by Crippen LogP contribution is 2.44. The topological polar surface area (TPSA) is 122 Å². The fraction of sp³-hybridized carbons (Fsp3) is 0.393. The van der Waals surface area contributed by atoms with Crippen molar-refractivity contribution in [3.8, 4) is 0 Å². The Labute approximate surface area is 236 Å². The number of anilines is 1. The molecule has 4 heterocycles. The van der Waals surface area contributed by atoms with Gasteiger partial charge in [-0.3, -0.25) is 24.5 Å². The second-order valence-electron chi connectivity index (χ2n) is 9.77. The molecule has 39 heavy (non-hydrogen) atoms. The van der Waals surface area contributed by atoms with E-state index in [0.717, 1.165) is 48.5 Å². The molecule has 0 saturated heterocycles. The third-order valence-corrected chi connectivity index (χ3v) is 9.21. The molecule has 0 aromatic carbocycles. The lowest BCUT2D eigenvalue weighted by molar-refractivity contribution is -0.119. The standard InChI is InChI=1S/C28H31N7O2S2/c1-18-12-15-31-27(32-23(36)16-21-6-2-4-13-29-21)38-25(18)19-8-10-20(11-9-19)26-34-35-28(39-26)33-24(37)17-22-7-3-5-14-30-22/h2-7,13-14,19-20H,8-12,15-17H2,1H3,(H,31,32,36)(H,33,35,37). The van der Waals surface area contributed by atoms with Crippen molar-refractivity contribution in [3.63, 3.8) is 0 Å². The second kappa shape index (κ2) is 13.1. The van der Waals surface area contributed by atoms with E-state index in [1.165, 1.54) is 21.8 Å². The van der Waals surface area contributed by atoms with Crippen molar-refractivity contribution >= 4 is 45.2 Å². The van der Waals surface area contributed by atoms with Crippen molar-refractivity contribution in [2.75, 3.05) is 11.9 Å². The van der Waals surface area contributed by atoms with Crippen molar-refractivity contribution in [3.05, 3.63) is 75.7 Å². The Morgan fingerprint density at radius 1 is 0.872 bits per heavy atom. The molecule has 1 aliphatic heterocycles. The predicted molar refractivity (Wildman–Crippen MR) is 154 cm³/mol. The number of aromatic nitrogens is 4. The normalized spacial score (nSPS) is 19.7. The average molecular weight is 562 g/mol. The Balaban J connectivity index is 1.13. The van der Waals surface area contributed by atoms with Crippen molar-refractivity contribution < 1.29 is 9.59 Å². The number of allylic oxidation sites excluding steroid dienone is 1. The molecule has 0 atom stereocenters. The van der Waals surface area contributed by atoms with E-state index in [9.17, 15) is 9.59 Å². The maximum absolute atomic E-state index is 12.6. The summed E-state index contributed by atoms with van der Waals surface area (Å²) >= 11 is 3.08. The van der Waals surface area contributed by atoms with Gasteiger partial charge in [0.2, 0.25) is 16.9 Å². The molecule has 2 N–H and O–H groups in total. The number of nitrogens with one attached hydrogen (secondary N) is 2. The fourth-order valence-electron chi connectivity index (χ4n) is 4.88. The molecule has 0 spiro atoms. The lowest BCUT2D eigenvalue weighted by atomic mass is 9.81. The second-order valence-corrected chi connectivity index (χ2v) is 11.8. The van der Waals surface area contributed by atoms with Crippen LogP contribution in [-0.2, 0) is 22.4 Å². The highest BCUT2D eigenvalue weighted by atomic mass is 32.2. The zero-order valence-corrected chi connectivity index (χ0v) is 23.4. The summed E-state index contributed by atoms with van der Waals surface area (Å²) in [7, 11) is 0. The van der Waals surface area contributed by atoms with Crippen LogP contribution in [0.15, 0.2) is 64.3 Å². The van der Waals surface area contributed by atoms with E-state index in [1.54, 1.807) is 24.2 Å². The van der Waals surface area contributed by atoms with Crippen LogP contribution in [0, 0.1) is 5.92 Å². The van der Waals surface area contributed by atoms with Crippen LogP contribution < -0.4 is 10.6 Å². The molecular formula is C28H31N7O2S2. The van der Waals surface area contributed by atoms with E-state index < -0.39 is 0 Å². The number of pyridine rings is 2. The highest BCUT2D eigenvalue weighted by molar-refractivity contribution is 8.17. The molecule has 2 aliphatic rings. The first-order chi connectivity index (χ1) is 19.0. The van der Waals surface area contributed by atoms with Gasteiger partial charge >= 0.3 is 0 Å². The zero-order valence-electron chi connectivity index (χ0n) is 21.8. The third kappa shape index (κ3) is 7.57. The fourth-order valence-corrected chi connectivity index (χ4v) is 7.02. The van der Waals surface area contributed by atoms with Gasteiger partial charge in [0.05, 0.1) is 12.8 Å². The monoisotopic (exact) mass is 561 g/mol. The molecular weight excluding hydrogens is 530 g/mol. The van der Waals surface area contributed by atoms with Gasteiger partial charge in [-0.1, -0.05) is 40.8 Å². The van der Waals surface area contributed by atoms with Gasteiger partial charge < -0.3 is 10.6 Å². The van der Waals surface area contributed by atoms with Crippen LogP contribution in [0.3, 0.4) is 0 Å². The number of nitrogens with zero attached hydrogens (tertiary/aromatic N) is 5. The molecule has 0 radical (unpaired) electrons. The summed E-state index contributed by atoms with van der Waals surface area (Å²) in [5, 5.41) is 16.7. The Morgan fingerprint density at radius 2 is 1.51 bits per heavy atom. The van der Waals surface area contributed by atoms with E-state index in [1.807, 2.05) is 36.4 Å². The Bertz CT molecular complexity index is 1350. The van der Waals surface area contributed by atoms with Crippen LogP contribution in [0.25, 0.3) is 0 Å². The van der Waals surface area contributed by atoms with E-state index >= 15 is 0 Å². The van der Waals surface area contributed by atoms with Gasteiger partial charge in [-0.25, -0.2) is 0 Å². The van der Waals surface area contributed by atoms with E-state index in [0.29, 0.717) is 28.7 Å². The van der Waals surface area contributed by atoms with Crippen LogP contribution in [-0.4, -0.2) is 43.7 Å². The van der Waals surface area contributed by atoms with E-state index in [-0.39, 0.29) is 24.7 Å². The molecule has 5 rings (SSSR count). The zero-order chi connectivity index (χ0) is 27.0. The summed E-state index contributed by atoms with van der Waals surface area (Å²) < 4.78 is 0. The molecule has 0 bridgehead atoms. The van der Waals surface area contributed by atoms with Crippen LogP contribution >= 0.6 is 23.1 Å². The maximum Gasteiger partial charge on any atom is 0.232 e. The van der Waals surface area contributed by atoms with Gasteiger partial charge in [0, 0.05) is 36.2 Å². The molecule has 11 heteroatoms. The van der Waals surface area contributed by atoms with Crippen molar-refractivity contribution in [2.24, 2.45) is 10.9 Å². The molecule has 2 amide bonds.